The van der Waals surface area contributed by atoms with Gasteiger partial charge in [-0.3, -0.25) is 0 Å². The van der Waals surface area contributed by atoms with Crippen LogP contribution in [0.1, 0.15) is 0 Å². The molecule has 0 atom stereocenters. The summed E-state index contributed by atoms with van der Waals surface area (Å²) >= 11 is 0.465. The number of hydrogen-bond acceptors (Lipinski definition) is 20. The fourth-order valence-corrected chi connectivity index (χ4v) is 25.7. The number of rotatable bonds is 0. The minimum atomic E-state index is -2.03. The zero-order valence-electron chi connectivity index (χ0n) is 63.5. The molecule has 0 unspecified atom stereocenters. The molecule has 0 radical (unpaired) electrons. The molecule has 0 aliphatic carbocycles. The molecule has 8 aromatic heterocycles. The number of thiazole rings is 4. The number of hydrogen-bond donors (Lipinski definition) is 0. The second-order valence-electron chi connectivity index (χ2n) is 26.4. The van der Waals surface area contributed by atoms with Crippen molar-refractivity contribution < 1.29 is 52.7 Å². The number of benzene rings is 12. The molecule has 12 aromatic carbocycles. The van der Waals surface area contributed by atoms with Crippen molar-refractivity contribution in [2.75, 3.05) is 0 Å². The Hall–Kier alpha value is -17.0. The topological polar surface area (TPSA) is 328 Å². The van der Waals surface area contributed by atoms with Gasteiger partial charge in [0, 0.05) is 16.2 Å². The maximum absolute atomic E-state index is 15.9. The van der Waals surface area contributed by atoms with Gasteiger partial charge >= 0.3 is 388 Å². The van der Waals surface area contributed by atoms with E-state index in [1.54, 1.807) is 12.1 Å². The van der Waals surface area contributed by atoms with Crippen LogP contribution in [0.25, 0.3) is 250 Å². The van der Waals surface area contributed by atoms with Crippen LogP contribution in [0, 0.1) is 213 Å². The SMILES string of the molecule is [C-]#[N+]/C(C#N)=c1\nc2c(F)c3c(F)c(F)c4c(F)c(F)c5[se]/c(=C(\C#N)[N+]#[C-])nc5c4c3c(F)c2[se]1.[C-]#[N+]/C(C#N)=c1\nc2c(F)c3c(F)c(F)c4c(F)c(F)c5s/c(=C(\C#N)[N+]#[C-])nc5c4c3c(F)c2s1.[C-]#[N+]/C(C#N)=c1\nc2cc3ccc4ccc5[se]/c(=C(\C#N)[N+]#[C-])nc5c4c3cc2[se]1.[C-]#[N+]/C(C#N)=c1\nc2cc3ccc4ccc5s/c(=C(\C#N)[N+]#[C-])nc5c4c3cc2s1. The average Bonchev–Trinajstić information content (AvgIpc) is 1.38. The molecule has 0 spiro atoms. The van der Waals surface area contributed by atoms with Crippen molar-refractivity contribution >= 4 is 315 Å². The Morgan fingerprint density at radius 3 is 1.14 bits per heavy atom. The molecule has 0 amide bonds. The zero-order valence-corrected chi connectivity index (χ0v) is 73.6. The van der Waals surface area contributed by atoms with Gasteiger partial charge in [-0.1, -0.05) is 18.2 Å². The molecule has 0 saturated carbocycles. The minimum Gasteiger partial charge on any atom is -0.248 e. The van der Waals surface area contributed by atoms with Gasteiger partial charge in [0.15, 0.2) is 34.9 Å². The summed E-state index contributed by atoms with van der Waals surface area (Å²) in [5, 5.41) is 72.4. The smallest absolute Gasteiger partial charge is 0.248 e. The molecule has 132 heavy (non-hydrogen) atoms. The van der Waals surface area contributed by atoms with Gasteiger partial charge in [-0.25, -0.2) is 86.7 Å². The third-order valence-electron chi connectivity index (χ3n) is 19.8. The molecular formula is C88H12F12N24S4Se4. The fourth-order valence-electron chi connectivity index (χ4n) is 14.2. The first kappa shape index (κ1) is 87.1. The Labute approximate surface area is 761 Å². The number of halogens is 12. The molecular weight excluding hydrogens is 2070 g/mol. The Bertz CT molecular complexity index is 9680. The molecule has 20 rings (SSSR count). The molecule has 0 aliphatic heterocycles. The first-order chi connectivity index (χ1) is 63.7. The van der Waals surface area contributed by atoms with Crippen molar-refractivity contribution in [1.29, 1.82) is 42.1 Å². The van der Waals surface area contributed by atoms with Crippen molar-refractivity contribution in [3.63, 3.8) is 0 Å². The third-order valence-corrected chi connectivity index (χ3v) is 32.6. The van der Waals surface area contributed by atoms with Crippen LogP contribution < -0.4 is 35.5 Å². The quantitative estimate of drug-likeness (QED) is 0.0589. The predicted octanol–water partition coefficient (Wildman–Crippen LogP) is 14.9. The Balaban J connectivity index is 0.000000123. The summed E-state index contributed by atoms with van der Waals surface area (Å²) in [5.74, 6) is -21.0. The summed E-state index contributed by atoms with van der Waals surface area (Å²) in [5.41, 5.74) is -1.86. The van der Waals surface area contributed by atoms with Gasteiger partial charge in [0.25, 0.3) is 22.8 Å². The van der Waals surface area contributed by atoms with E-state index in [0.29, 0.717) is 40.4 Å². The summed E-state index contributed by atoms with van der Waals surface area (Å²) in [7, 11) is 0. The third kappa shape index (κ3) is 13.6. The van der Waals surface area contributed by atoms with Gasteiger partial charge in [-0.2, -0.15) is 0 Å². The van der Waals surface area contributed by atoms with Crippen LogP contribution in [0.4, 0.5) is 52.7 Å². The number of nitrogens with zero attached hydrogens (tertiary/aromatic N) is 24. The monoisotopic (exact) mass is 2080 g/mol. The summed E-state index contributed by atoms with van der Waals surface area (Å²) in [4.78, 5) is 58.5. The van der Waals surface area contributed by atoms with Gasteiger partial charge in [-0.15, -0.1) is 45.3 Å². The molecule has 24 nitrogen and oxygen atoms in total. The number of fused-ring (bicyclic) bond motifs is 24. The van der Waals surface area contributed by atoms with Crippen molar-refractivity contribution in [1.82, 2.24) is 39.9 Å². The summed E-state index contributed by atoms with van der Waals surface area (Å²) in [6, 6.07) is 38.0. The van der Waals surface area contributed by atoms with Crippen LogP contribution in [0.3, 0.4) is 0 Å². The molecule has 616 valence electrons. The van der Waals surface area contributed by atoms with Gasteiger partial charge in [0.1, 0.15) is 24.2 Å². The van der Waals surface area contributed by atoms with E-state index in [0.717, 1.165) is 83.1 Å². The van der Waals surface area contributed by atoms with Crippen molar-refractivity contribution in [2.45, 2.75) is 0 Å². The molecule has 20 aromatic rings. The predicted molar refractivity (Wildman–Crippen MR) is 469 cm³/mol. The van der Waals surface area contributed by atoms with Crippen LogP contribution in [0.2, 0.25) is 0 Å². The molecule has 8 heterocycles. The summed E-state index contributed by atoms with van der Waals surface area (Å²) in [6.45, 7) is 56.9. The molecule has 0 fully saturated rings. The maximum atomic E-state index is 15.9. The van der Waals surface area contributed by atoms with E-state index in [2.05, 4.69) is 85.8 Å². The van der Waals surface area contributed by atoms with Crippen molar-refractivity contribution in [3.8, 4) is 48.6 Å². The average molecular weight is 2080 g/mol. The van der Waals surface area contributed by atoms with E-state index in [4.69, 9.17) is 83.9 Å². The van der Waals surface area contributed by atoms with Crippen LogP contribution in [0.5, 0.6) is 0 Å². The summed E-state index contributed by atoms with van der Waals surface area (Å²) in [6.07, 6.45) is 0. The van der Waals surface area contributed by atoms with Gasteiger partial charge in [-0.05, 0) is 34.4 Å². The molecule has 0 bridgehead atoms. The van der Waals surface area contributed by atoms with E-state index in [1.165, 1.54) is 34.8 Å². The van der Waals surface area contributed by atoms with Gasteiger partial charge < -0.3 is 0 Å². The number of nitriles is 8. The molecule has 0 N–H and O–H groups in total. The van der Waals surface area contributed by atoms with E-state index < -0.39 is 214 Å². The summed E-state index contributed by atoms with van der Waals surface area (Å²) < 4.78 is 185. The minimum absolute atomic E-state index is 0.0159. The van der Waals surface area contributed by atoms with Crippen LogP contribution in [-0.4, -0.2) is 97.9 Å². The van der Waals surface area contributed by atoms with Crippen molar-refractivity contribution in [3.05, 3.63) is 269 Å². The van der Waals surface area contributed by atoms with Gasteiger partial charge in [0.2, 0.25) is 0 Å². The Morgan fingerprint density at radius 2 is 0.614 bits per heavy atom. The first-order valence-electron chi connectivity index (χ1n) is 35.4. The van der Waals surface area contributed by atoms with Crippen LogP contribution in [0.15, 0.2) is 72.8 Å². The normalized spacial score (nSPS) is 12.9. The van der Waals surface area contributed by atoms with E-state index in [1.807, 2.05) is 84.9 Å². The largest absolute Gasteiger partial charge is 0.296 e. The van der Waals surface area contributed by atoms with Crippen molar-refractivity contribution in [2.24, 2.45) is 0 Å². The molecule has 0 aliphatic rings. The Morgan fingerprint density at radius 1 is 0.258 bits per heavy atom. The number of aromatic nitrogens is 8. The maximum Gasteiger partial charge on any atom is 0.296 e. The fraction of sp³-hybridized carbons (Fsp3) is 0. The Kier molecular flexibility index (Phi) is 22.4. The standard InChI is InChI=1S/C22F6N6S2.C22F6N6Se2.C22H6N6S2.C22H6N6Se2/c2*1-31-5(3-29)21-33-17-8-7-9(11(23)12(24)10(8)13(25)16(28)20(17)36-21)14(26)18-19(15(7)27)35-22(34-18)6(4-30)32-2;2*1-25-15(9-23)21-27-14-7-12-4-3-11-5-6-17-20(19(11)13(12)8-18(14)30-21)28-22(29-17)16(10-24)26-2/h;;2*3-8H/b2*21-5+,22-6+;2*21-15+,22-16+. The second kappa shape index (κ2) is 34.0. The second-order valence-corrected chi connectivity index (χ2v) is 39.0. The molecule has 44 heteroatoms. The van der Waals surface area contributed by atoms with E-state index in [-0.39, 0.29) is 60.2 Å². The van der Waals surface area contributed by atoms with Crippen LogP contribution in [-0.2, 0) is 0 Å². The van der Waals surface area contributed by atoms with Gasteiger partial charge in [0.05, 0.1) is 96.7 Å². The molecule has 0 saturated heterocycles. The zero-order chi connectivity index (χ0) is 93.8. The van der Waals surface area contributed by atoms with E-state index in [9.17, 15) is 29.0 Å². The first-order valence-corrected chi connectivity index (χ1v) is 45.5. The van der Waals surface area contributed by atoms with Crippen LogP contribution >= 0.6 is 45.3 Å². The van der Waals surface area contributed by atoms with E-state index >= 15 is 39.5 Å².